The van der Waals surface area contributed by atoms with E-state index >= 15 is 0 Å². The molecule has 1 aromatic carbocycles. The van der Waals surface area contributed by atoms with Gasteiger partial charge in [0.15, 0.2) is 11.5 Å². The fourth-order valence-corrected chi connectivity index (χ4v) is 2.32. The maximum absolute atomic E-state index is 5.52. The summed E-state index contributed by atoms with van der Waals surface area (Å²) in [6, 6.07) is 1.95. The normalized spacial score (nSPS) is 10.4. The molecule has 0 radical (unpaired) electrons. The Balaban J connectivity index is 3.09. The summed E-state index contributed by atoms with van der Waals surface area (Å²) in [4.78, 5) is 0. The van der Waals surface area contributed by atoms with Crippen LogP contribution >= 0.6 is 15.9 Å². The minimum atomic E-state index is 0.729. The van der Waals surface area contributed by atoms with Gasteiger partial charge >= 0.3 is 0 Å². The third-order valence-corrected chi connectivity index (χ3v) is 3.70. The zero-order valence-corrected chi connectivity index (χ0v) is 12.3. The number of rotatable bonds is 6. The summed E-state index contributed by atoms with van der Waals surface area (Å²) in [5.41, 5.74) is 7.93. The quantitative estimate of drug-likeness (QED) is 0.821. The molecule has 3 nitrogen and oxygen atoms in total. The zero-order chi connectivity index (χ0) is 12.8. The molecule has 96 valence electrons. The van der Waals surface area contributed by atoms with Crippen LogP contribution in [0.1, 0.15) is 24.0 Å². The number of benzene rings is 1. The van der Waals surface area contributed by atoms with E-state index in [4.69, 9.17) is 15.2 Å². The highest BCUT2D eigenvalue weighted by atomic mass is 79.9. The summed E-state index contributed by atoms with van der Waals surface area (Å²) < 4.78 is 11.8. The van der Waals surface area contributed by atoms with Crippen molar-refractivity contribution in [1.82, 2.24) is 0 Å². The molecule has 1 rings (SSSR count). The van der Waals surface area contributed by atoms with Gasteiger partial charge in [-0.25, -0.2) is 0 Å². The Kier molecular flexibility index (Phi) is 5.78. The number of ether oxygens (including phenoxy) is 2. The van der Waals surface area contributed by atoms with Crippen LogP contribution in [0.4, 0.5) is 0 Å². The molecular formula is C13H20BrNO2. The average molecular weight is 302 g/mol. The summed E-state index contributed by atoms with van der Waals surface area (Å²) in [6.45, 7) is 2.82. The van der Waals surface area contributed by atoms with Gasteiger partial charge in [-0.3, -0.25) is 0 Å². The topological polar surface area (TPSA) is 44.5 Å². The molecular weight excluding hydrogens is 282 g/mol. The molecule has 2 N–H and O–H groups in total. The maximum atomic E-state index is 5.52. The first-order chi connectivity index (χ1) is 8.15. The fourth-order valence-electron chi connectivity index (χ4n) is 1.87. The largest absolute Gasteiger partial charge is 0.493 e. The summed E-state index contributed by atoms with van der Waals surface area (Å²) in [5, 5.41) is 0. The third-order valence-electron chi connectivity index (χ3n) is 2.87. The van der Waals surface area contributed by atoms with Crippen molar-refractivity contribution >= 4 is 15.9 Å². The van der Waals surface area contributed by atoms with E-state index in [0.29, 0.717) is 0 Å². The molecule has 0 amide bonds. The number of hydrogen-bond donors (Lipinski definition) is 1. The van der Waals surface area contributed by atoms with Crippen LogP contribution in [-0.4, -0.2) is 20.8 Å². The zero-order valence-electron chi connectivity index (χ0n) is 10.7. The van der Waals surface area contributed by atoms with Gasteiger partial charge in [-0.05, 0) is 44.4 Å². The smallest absolute Gasteiger partial charge is 0.164 e. The van der Waals surface area contributed by atoms with Crippen LogP contribution in [0.2, 0.25) is 0 Å². The highest BCUT2D eigenvalue weighted by Crippen LogP contribution is 2.38. The third kappa shape index (κ3) is 3.36. The molecule has 0 atom stereocenters. The Morgan fingerprint density at radius 1 is 1.24 bits per heavy atom. The molecule has 0 bridgehead atoms. The van der Waals surface area contributed by atoms with Crippen molar-refractivity contribution in [2.24, 2.45) is 5.73 Å². The second-order valence-corrected chi connectivity index (χ2v) is 4.80. The van der Waals surface area contributed by atoms with Gasteiger partial charge in [-0.1, -0.05) is 15.9 Å². The van der Waals surface area contributed by atoms with Crippen LogP contribution in [0.15, 0.2) is 10.5 Å². The van der Waals surface area contributed by atoms with Crippen molar-refractivity contribution in [3.63, 3.8) is 0 Å². The van der Waals surface area contributed by atoms with E-state index in [1.165, 1.54) is 11.1 Å². The minimum Gasteiger partial charge on any atom is -0.493 e. The first-order valence-electron chi connectivity index (χ1n) is 5.75. The average Bonchev–Trinajstić information content (AvgIpc) is 2.34. The first kappa shape index (κ1) is 14.3. The SMILES string of the molecule is COc1cc(Br)c(C)c(CCCCN)c1OC. The summed E-state index contributed by atoms with van der Waals surface area (Å²) >= 11 is 3.55. The highest BCUT2D eigenvalue weighted by Gasteiger charge is 2.15. The molecule has 0 unspecified atom stereocenters. The lowest BCUT2D eigenvalue weighted by Gasteiger charge is -2.16. The Labute approximate surface area is 111 Å². The molecule has 1 aromatic rings. The summed E-state index contributed by atoms with van der Waals surface area (Å²) in [5.74, 6) is 1.61. The summed E-state index contributed by atoms with van der Waals surface area (Å²) in [7, 11) is 3.33. The molecule has 0 aliphatic heterocycles. The van der Waals surface area contributed by atoms with E-state index < -0.39 is 0 Å². The van der Waals surface area contributed by atoms with Crippen molar-refractivity contribution in [3.05, 3.63) is 21.7 Å². The lowest BCUT2D eigenvalue weighted by Crippen LogP contribution is -2.03. The number of hydrogen-bond acceptors (Lipinski definition) is 3. The second-order valence-electron chi connectivity index (χ2n) is 3.94. The van der Waals surface area contributed by atoms with E-state index in [2.05, 4.69) is 22.9 Å². The van der Waals surface area contributed by atoms with Crippen LogP contribution in [-0.2, 0) is 6.42 Å². The van der Waals surface area contributed by atoms with Crippen LogP contribution in [0.3, 0.4) is 0 Å². The lowest BCUT2D eigenvalue weighted by molar-refractivity contribution is 0.350. The van der Waals surface area contributed by atoms with E-state index in [-0.39, 0.29) is 0 Å². The van der Waals surface area contributed by atoms with E-state index in [1.54, 1.807) is 14.2 Å². The van der Waals surface area contributed by atoms with E-state index in [1.807, 2.05) is 6.07 Å². The number of unbranched alkanes of at least 4 members (excludes halogenated alkanes) is 1. The molecule has 0 fully saturated rings. The molecule has 0 saturated carbocycles. The Morgan fingerprint density at radius 3 is 2.47 bits per heavy atom. The predicted octanol–water partition coefficient (Wildman–Crippen LogP) is 3.06. The maximum Gasteiger partial charge on any atom is 0.164 e. The molecule has 0 spiro atoms. The standard InChI is InChI=1S/C13H20BrNO2/c1-9-10(6-4-5-7-15)13(17-3)12(16-2)8-11(9)14/h8H,4-7,15H2,1-3H3. The lowest BCUT2D eigenvalue weighted by atomic mass is 10.0. The number of halogens is 1. The number of methoxy groups -OCH3 is 2. The fraction of sp³-hybridized carbons (Fsp3) is 0.538. The van der Waals surface area contributed by atoms with Gasteiger partial charge in [0.25, 0.3) is 0 Å². The van der Waals surface area contributed by atoms with E-state index in [9.17, 15) is 0 Å². The van der Waals surface area contributed by atoms with Crippen molar-refractivity contribution in [2.75, 3.05) is 20.8 Å². The van der Waals surface area contributed by atoms with Crippen LogP contribution in [0.5, 0.6) is 11.5 Å². The number of nitrogens with two attached hydrogens (primary N) is 1. The van der Waals surface area contributed by atoms with Gasteiger partial charge in [0, 0.05) is 10.0 Å². The Bertz CT molecular complexity index is 380. The Morgan fingerprint density at radius 2 is 1.94 bits per heavy atom. The molecule has 0 aromatic heterocycles. The van der Waals surface area contributed by atoms with Crippen molar-refractivity contribution in [1.29, 1.82) is 0 Å². The second kappa shape index (κ2) is 6.87. The van der Waals surface area contributed by atoms with Gasteiger partial charge in [0.2, 0.25) is 0 Å². The predicted molar refractivity (Wildman–Crippen MR) is 74.0 cm³/mol. The first-order valence-corrected chi connectivity index (χ1v) is 6.55. The van der Waals surface area contributed by atoms with E-state index in [0.717, 1.165) is 41.8 Å². The molecule has 0 aliphatic carbocycles. The molecule has 0 aliphatic rings. The van der Waals surface area contributed by atoms with Crippen molar-refractivity contribution in [3.8, 4) is 11.5 Å². The monoisotopic (exact) mass is 301 g/mol. The van der Waals surface area contributed by atoms with Gasteiger partial charge in [-0.15, -0.1) is 0 Å². The van der Waals surface area contributed by atoms with Gasteiger partial charge in [-0.2, -0.15) is 0 Å². The molecule has 4 heteroatoms. The van der Waals surface area contributed by atoms with Crippen molar-refractivity contribution < 1.29 is 9.47 Å². The molecule has 17 heavy (non-hydrogen) atoms. The van der Waals surface area contributed by atoms with Crippen LogP contribution in [0, 0.1) is 6.92 Å². The van der Waals surface area contributed by atoms with Gasteiger partial charge < -0.3 is 15.2 Å². The van der Waals surface area contributed by atoms with Gasteiger partial charge in [0.1, 0.15) is 0 Å². The van der Waals surface area contributed by atoms with Crippen LogP contribution < -0.4 is 15.2 Å². The minimum absolute atomic E-state index is 0.729. The van der Waals surface area contributed by atoms with Gasteiger partial charge in [0.05, 0.1) is 14.2 Å². The summed E-state index contributed by atoms with van der Waals surface area (Å²) in [6.07, 6.45) is 3.05. The highest BCUT2D eigenvalue weighted by molar-refractivity contribution is 9.10. The molecule has 0 heterocycles. The van der Waals surface area contributed by atoms with Crippen LogP contribution in [0.25, 0.3) is 0 Å². The van der Waals surface area contributed by atoms with Crippen molar-refractivity contribution in [2.45, 2.75) is 26.2 Å². The molecule has 0 saturated heterocycles. The Hall–Kier alpha value is -0.740.